The minimum atomic E-state index is 0.367. The molecule has 3 heterocycles. The summed E-state index contributed by atoms with van der Waals surface area (Å²) in [5.41, 5.74) is 2.73. The number of hydrogen-bond acceptors (Lipinski definition) is 4. The van der Waals surface area contributed by atoms with Crippen LogP contribution in [-0.4, -0.2) is 63.5 Å². The molecule has 0 bridgehead atoms. The van der Waals surface area contributed by atoms with E-state index < -0.39 is 0 Å². The van der Waals surface area contributed by atoms with Gasteiger partial charge in [-0.15, -0.1) is 0 Å². The number of hydrogen-bond donors (Lipinski definition) is 1. The molecule has 2 aliphatic heterocycles. The van der Waals surface area contributed by atoms with Crippen LogP contribution < -0.4 is 0 Å². The molecule has 136 valence electrons. The van der Waals surface area contributed by atoms with Crippen molar-refractivity contribution in [3.05, 3.63) is 17.5 Å². The predicted molar refractivity (Wildman–Crippen MR) is 96.9 cm³/mol. The molecule has 1 aromatic heterocycles. The third-order valence-corrected chi connectivity index (χ3v) is 5.94. The number of aliphatic hydroxyl groups is 1. The van der Waals surface area contributed by atoms with E-state index in [2.05, 4.69) is 39.6 Å². The van der Waals surface area contributed by atoms with Crippen molar-refractivity contribution in [1.29, 1.82) is 0 Å². The van der Waals surface area contributed by atoms with Gasteiger partial charge in [-0.1, -0.05) is 6.92 Å². The van der Waals surface area contributed by atoms with Crippen LogP contribution in [0.4, 0.5) is 0 Å². The second-order valence-electron chi connectivity index (χ2n) is 7.67. The van der Waals surface area contributed by atoms with E-state index in [1.807, 2.05) is 0 Å². The van der Waals surface area contributed by atoms with E-state index in [0.717, 1.165) is 45.4 Å². The Morgan fingerprint density at radius 1 is 1.21 bits per heavy atom. The molecule has 0 spiro atoms. The van der Waals surface area contributed by atoms with Gasteiger partial charge in [-0.25, -0.2) is 0 Å². The highest BCUT2D eigenvalue weighted by Gasteiger charge is 2.28. The molecule has 2 fully saturated rings. The van der Waals surface area contributed by atoms with Crippen LogP contribution >= 0.6 is 0 Å². The van der Waals surface area contributed by atoms with Gasteiger partial charge in [0, 0.05) is 43.5 Å². The fraction of sp³-hybridized carbons (Fsp3) is 0.842. The summed E-state index contributed by atoms with van der Waals surface area (Å²) < 4.78 is 2.15. The molecule has 5 heteroatoms. The molecule has 0 unspecified atom stereocenters. The fourth-order valence-corrected chi connectivity index (χ4v) is 4.29. The van der Waals surface area contributed by atoms with Crippen LogP contribution in [-0.2, 0) is 13.1 Å². The maximum absolute atomic E-state index is 9.33. The standard InChI is InChI=1S/C19H34N4O/c1-3-8-23-16(2)18(12-20-23)13-21-9-4-5-19(14-21)22-10-6-17(15-24)7-11-22/h12,17,19,24H,3-11,13-15H2,1-2H3/t19-/m1/s1. The van der Waals surface area contributed by atoms with Crippen molar-refractivity contribution < 1.29 is 5.11 Å². The van der Waals surface area contributed by atoms with Gasteiger partial charge in [0.05, 0.1) is 6.20 Å². The number of nitrogens with zero attached hydrogens (tertiary/aromatic N) is 4. The van der Waals surface area contributed by atoms with Crippen LogP contribution in [0, 0.1) is 12.8 Å². The fourth-order valence-electron chi connectivity index (χ4n) is 4.29. The van der Waals surface area contributed by atoms with Crippen molar-refractivity contribution in [3.63, 3.8) is 0 Å². The molecule has 2 aliphatic rings. The lowest BCUT2D eigenvalue weighted by atomic mass is 9.94. The van der Waals surface area contributed by atoms with Crippen molar-refractivity contribution in [2.75, 3.05) is 32.8 Å². The molecular formula is C19H34N4O. The van der Waals surface area contributed by atoms with Crippen LogP contribution in [0.5, 0.6) is 0 Å². The number of rotatable bonds is 6. The lowest BCUT2D eigenvalue weighted by Gasteiger charge is -2.42. The smallest absolute Gasteiger partial charge is 0.0537 e. The van der Waals surface area contributed by atoms with Gasteiger partial charge < -0.3 is 5.11 Å². The molecule has 3 rings (SSSR count). The molecule has 24 heavy (non-hydrogen) atoms. The first-order valence-electron chi connectivity index (χ1n) is 9.79. The Balaban J connectivity index is 1.54. The first kappa shape index (κ1) is 17.9. The van der Waals surface area contributed by atoms with Crippen molar-refractivity contribution >= 4 is 0 Å². The van der Waals surface area contributed by atoms with Crippen LogP contribution in [0.2, 0.25) is 0 Å². The van der Waals surface area contributed by atoms with E-state index in [1.165, 1.54) is 37.2 Å². The van der Waals surface area contributed by atoms with E-state index in [9.17, 15) is 5.11 Å². The quantitative estimate of drug-likeness (QED) is 0.867. The third-order valence-electron chi connectivity index (χ3n) is 5.94. The van der Waals surface area contributed by atoms with Gasteiger partial charge in [-0.3, -0.25) is 14.5 Å². The molecule has 0 saturated carbocycles. The zero-order valence-electron chi connectivity index (χ0n) is 15.5. The molecule has 1 N–H and O–H groups in total. The van der Waals surface area contributed by atoms with E-state index in [0.29, 0.717) is 18.6 Å². The summed E-state index contributed by atoms with van der Waals surface area (Å²) >= 11 is 0. The zero-order valence-corrected chi connectivity index (χ0v) is 15.5. The van der Waals surface area contributed by atoms with Gasteiger partial charge in [0.15, 0.2) is 0 Å². The highest BCUT2D eigenvalue weighted by molar-refractivity contribution is 5.16. The molecule has 0 aromatic carbocycles. The van der Waals surface area contributed by atoms with Crippen LogP contribution in [0.25, 0.3) is 0 Å². The Morgan fingerprint density at radius 2 is 2.00 bits per heavy atom. The molecule has 1 aromatic rings. The van der Waals surface area contributed by atoms with Crippen LogP contribution in [0.15, 0.2) is 6.20 Å². The minimum Gasteiger partial charge on any atom is -0.396 e. The minimum absolute atomic E-state index is 0.367. The number of aromatic nitrogens is 2. The maximum atomic E-state index is 9.33. The lowest BCUT2D eigenvalue weighted by Crippen LogP contribution is -2.50. The normalized spacial score (nSPS) is 24.5. The van der Waals surface area contributed by atoms with Gasteiger partial charge in [0.1, 0.15) is 0 Å². The van der Waals surface area contributed by atoms with Crippen LogP contribution in [0.1, 0.15) is 50.3 Å². The van der Waals surface area contributed by atoms with E-state index in [4.69, 9.17) is 0 Å². The Morgan fingerprint density at radius 3 is 2.71 bits per heavy atom. The van der Waals surface area contributed by atoms with Gasteiger partial charge in [0.25, 0.3) is 0 Å². The summed E-state index contributed by atoms with van der Waals surface area (Å²) in [4.78, 5) is 5.29. The summed E-state index contributed by atoms with van der Waals surface area (Å²) in [5.74, 6) is 0.535. The average Bonchev–Trinajstić information content (AvgIpc) is 2.96. The third kappa shape index (κ3) is 4.19. The van der Waals surface area contributed by atoms with Crippen molar-refractivity contribution in [2.45, 2.75) is 65.1 Å². The highest BCUT2D eigenvalue weighted by atomic mass is 16.3. The molecule has 2 saturated heterocycles. The number of piperidine rings is 2. The number of aryl methyl sites for hydroxylation is 1. The second-order valence-corrected chi connectivity index (χ2v) is 7.67. The second kappa shape index (κ2) is 8.45. The summed E-state index contributed by atoms with van der Waals surface area (Å²) in [6.07, 6.45) is 8.16. The van der Waals surface area contributed by atoms with Gasteiger partial charge in [0.2, 0.25) is 0 Å². The maximum Gasteiger partial charge on any atom is 0.0537 e. The molecule has 0 radical (unpaired) electrons. The van der Waals surface area contributed by atoms with Crippen molar-refractivity contribution in [3.8, 4) is 0 Å². The molecule has 0 amide bonds. The largest absolute Gasteiger partial charge is 0.396 e. The zero-order chi connectivity index (χ0) is 16.9. The summed E-state index contributed by atoms with van der Waals surface area (Å²) in [6.45, 7) is 11.6. The number of aliphatic hydroxyl groups excluding tert-OH is 1. The van der Waals surface area contributed by atoms with Crippen molar-refractivity contribution in [1.82, 2.24) is 19.6 Å². The lowest BCUT2D eigenvalue weighted by molar-refractivity contribution is 0.0543. The van der Waals surface area contributed by atoms with Gasteiger partial charge in [-0.2, -0.15) is 5.10 Å². The molecule has 5 nitrogen and oxygen atoms in total. The predicted octanol–water partition coefficient (Wildman–Crippen LogP) is 2.27. The SMILES string of the molecule is CCCn1ncc(CN2CCC[C@@H](N3CCC(CO)CC3)C2)c1C. The molecule has 0 aliphatic carbocycles. The van der Waals surface area contributed by atoms with E-state index >= 15 is 0 Å². The summed E-state index contributed by atoms with van der Waals surface area (Å²) in [6, 6.07) is 0.699. The monoisotopic (exact) mass is 334 g/mol. The molecule has 1 atom stereocenters. The first-order chi connectivity index (χ1) is 11.7. The van der Waals surface area contributed by atoms with Crippen LogP contribution in [0.3, 0.4) is 0 Å². The molecular weight excluding hydrogens is 300 g/mol. The Kier molecular flexibility index (Phi) is 6.31. The summed E-state index contributed by atoms with van der Waals surface area (Å²) in [5, 5.41) is 13.9. The first-order valence-corrected chi connectivity index (χ1v) is 9.79. The highest BCUT2D eigenvalue weighted by Crippen LogP contribution is 2.24. The van der Waals surface area contributed by atoms with Crippen molar-refractivity contribution in [2.24, 2.45) is 5.92 Å². The number of likely N-dealkylation sites (tertiary alicyclic amines) is 2. The van der Waals surface area contributed by atoms with E-state index in [1.54, 1.807) is 0 Å². The van der Waals surface area contributed by atoms with Gasteiger partial charge >= 0.3 is 0 Å². The average molecular weight is 335 g/mol. The topological polar surface area (TPSA) is 44.5 Å². The Labute approximate surface area is 146 Å². The van der Waals surface area contributed by atoms with E-state index in [-0.39, 0.29) is 0 Å². The van der Waals surface area contributed by atoms with Gasteiger partial charge in [-0.05, 0) is 64.6 Å². The Bertz CT molecular complexity index is 507. The summed E-state index contributed by atoms with van der Waals surface area (Å²) in [7, 11) is 0. The Hall–Kier alpha value is -0.910.